The first-order valence-electron chi connectivity index (χ1n) is 11.7. The van der Waals surface area contributed by atoms with Crippen LogP contribution in [-0.4, -0.2) is 46.7 Å². The second-order valence-corrected chi connectivity index (χ2v) is 8.20. The maximum atomic E-state index is 13.6. The van der Waals surface area contributed by atoms with E-state index in [4.69, 9.17) is 5.21 Å². The smallest absolute Gasteiger partial charge is 0.268 e. The Kier molecular flexibility index (Phi) is 11.9. The number of para-hydroxylation sites is 1. The molecule has 0 radical (unpaired) electrons. The number of anilines is 2. The highest BCUT2D eigenvalue weighted by Crippen LogP contribution is 2.13. The number of rotatable bonds is 8. The fourth-order valence-corrected chi connectivity index (χ4v) is 3.23. The van der Waals surface area contributed by atoms with Crippen LogP contribution in [0.3, 0.4) is 0 Å². The van der Waals surface area contributed by atoms with Gasteiger partial charge in [-0.1, -0.05) is 31.4 Å². The summed E-state index contributed by atoms with van der Waals surface area (Å²) < 4.78 is 13.6. The summed E-state index contributed by atoms with van der Waals surface area (Å²) in [6, 6.07) is 17.8. The van der Waals surface area contributed by atoms with Crippen molar-refractivity contribution in [3.05, 3.63) is 95.3 Å². The standard InChI is InChI=1S/C29H25FN4O5.CH4/c1-19(35)27(29(38)34-39)33-28(37)22-14-10-20(11-15-22)6-2-3-7-21-12-16-23(17-13-21)32-26(36)18-31-25-9-5-4-8-24(25)30;/h4-5,8-17,19,27,31,35,39H,18H2,1H3,(H,32,36)(H,33,37)(H,34,38);1H4/t19-,27+;/m1./s1. The van der Waals surface area contributed by atoms with Gasteiger partial charge in [0.1, 0.15) is 11.9 Å². The van der Waals surface area contributed by atoms with Crippen molar-refractivity contribution in [3.63, 3.8) is 0 Å². The zero-order chi connectivity index (χ0) is 28.2. The minimum Gasteiger partial charge on any atom is -0.391 e. The molecular weight excluding hydrogens is 515 g/mol. The molecule has 0 aliphatic carbocycles. The van der Waals surface area contributed by atoms with E-state index in [2.05, 4.69) is 39.6 Å². The monoisotopic (exact) mass is 544 g/mol. The molecule has 0 aliphatic rings. The number of hydrogen-bond donors (Lipinski definition) is 6. The fraction of sp³-hybridized carbons (Fsp3) is 0.167. The number of amides is 3. The molecule has 206 valence electrons. The van der Waals surface area contributed by atoms with Crippen molar-refractivity contribution in [3.8, 4) is 23.7 Å². The Bertz CT molecular complexity index is 1450. The fourth-order valence-electron chi connectivity index (χ4n) is 3.23. The highest BCUT2D eigenvalue weighted by molar-refractivity contribution is 5.97. The van der Waals surface area contributed by atoms with Crippen molar-refractivity contribution in [1.29, 1.82) is 0 Å². The maximum Gasteiger partial charge on any atom is 0.268 e. The molecule has 0 aromatic heterocycles. The molecule has 3 aromatic carbocycles. The summed E-state index contributed by atoms with van der Waals surface area (Å²) in [5, 5.41) is 26.2. The van der Waals surface area contributed by atoms with Gasteiger partial charge in [-0.2, -0.15) is 0 Å². The van der Waals surface area contributed by atoms with Crippen molar-refractivity contribution < 1.29 is 29.1 Å². The molecule has 0 saturated heterocycles. The second kappa shape index (κ2) is 15.3. The Balaban J connectivity index is 0.00000560. The third-order valence-corrected chi connectivity index (χ3v) is 5.27. The number of carbonyl (C=O) groups is 3. The molecule has 9 nitrogen and oxygen atoms in total. The van der Waals surface area contributed by atoms with E-state index in [1.165, 1.54) is 30.6 Å². The summed E-state index contributed by atoms with van der Waals surface area (Å²) in [6.07, 6.45) is -1.21. The number of hydroxylamine groups is 1. The summed E-state index contributed by atoms with van der Waals surface area (Å²) in [6.45, 7) is 1.22. The minimum absolute atomic E-state index is 0. The van der Waals surface area contributed by atoms with Crippen molar-refractivity contribution in [1.82, 2.24) is 10.8 Å². The van der Waals surface area contributed by atoms with Crippen LogP contribution in [0, 0.1) is 29.5 Å². The van der Waals surface area contributed by atoms with Gasteiger partial charge in [-0.3, -0.25) is 19.6 Å². The topological polar surface area (TPSA) is 140 Å². The summed E-state index contributed by atoms with van der Waals surface area (Å²) >= 11 is 0. The average Bonchev–Trinajstić information content (AvgIpc) is 2.94. The summed E-state index contributed by atoms with van der Waals surface area (Å²) in [4.78, 5) is 36.0. The first kappa shape index (κ1) is 31.1. The summed E-state index contributed by atoms with van der Waals surface area (Å²) in [5.41, 5.74) is 3.72. The zero-order valence-corrected chi connectivity index (χ0v) is 20.8. The normalized spacial score (nSPS) is 11.1. The Hall–Kier alpha value is -5.16. The quantitative estimate of drug-likeness (QED) is 0.146. The van der Waals surface area contributed by atoms with Crippen molar-refractivity contribution in [2.24, 2.45) is 0 Å². The average molecular weight is 545 g/mol. The van der Waals surface area contributed by atoms with Crippen LogP contribution in [0.5, 0.6) is 0 Å². The molecule has 0 unspecified atom stereocenters. The molecule has 0 bridgehead atoms. The number of hydrogen-bond acceptors (Lipinski definition) is 6. The zero-order valence-electron chi connectivity index (χ0n) is 20.8. The third kappa shape index (κ3) is 9.30. The molecular formula is C30H29FN4O5. The lowest BCUT2D eigenvalue weighted by Crippen LogP contribution is -2.51. The van der Waals surface area contributed by atoms with Gasteiger partial charge in [0, 0.05) is 22.4 Å². The maximum absolute atomic E-state index is 13.6. The summed E-state index contributed by atoms with van der Waals surface area (Å²) in [7, 11) is 0. The van der Waals surface area contributed by atoms with Gasteiger partial charge >= 0.3 is 0 Å². The molecule has 0 aliphatic heterocycles. The van der Waals surface area contributed by atoms with Gasteiger partial charge in [-0.15, -0.1) is 0 Å². The highest BCUT2D eigenvalue weighted by atomic mass is 19.1. The van der Waals surface area contributed by atoms with E-state index in [-0.39, 0.29) is 31.1 Å². The van der Waals surface area contributed by atoms with Gasteiger partial charge in [-0.05, 0) is 79.4 Å². The lowest BCUT2D eigenvalue weighted by Gasteiger charge is -2.19. The molecule has 3 aromatic rings. The Morgan fingerprint density at radius 2 is 1.48 bits per heavy atom. The van der Waals surface area contributed by atoms with Crippen molar-refractivity contribution in [2.45, 2.75) is 26.5 Å². The van der Waals surface area contributed by atoms with Crippen molar-refractivity contribution in [2.75, 3.05) is 17.2 Å². The van der Waals surface area contributed by atoms with Gasteiger partial charge in [-0.25, -0.2) is 9.87 Å². The van der Waals surface area contributed by atoms with Crippen LogP contribution in [0.1, 0.15) is 35.8 Å². The van der Waals surface area contributed by atoms with Crippen LogP contribution in [0.25, 0.3) is 0 Å². The van der Waals surface area contributed by atoms with Gasteiger partial charge in [0.25, 0.3) is 11.8 Å². The first-order chi connectivity index (χ1) is 18.8. The van der Waals surface area contributed by atoms with Crippen LogP contribution in [0.2, 0.25) is 0 Å². The SMILES string of the molecule is C.C[C@@H](O)[C@H](NC(=O)c1ccc(C#CC#Cc2ccc(NC(=O)CNc3ccccc3F)cc2)cc1)C(=O)NO. The highest BCUT2D eigenvalue weighted by Gasteiger charge is 2.25. The van der Waals surface area contributed by atoms with Crippen LogP contribution >= 0.6 is 0 Å². The van der Waals surface area contributed by atoms with Gasteiger partial charge < -0.3 is 21.1 Å². The molecule has 10 heteroatoms. The van der Waals surface area contributed by atoms with Gasteiger partial charge in [0.2, 0.25) is 5.91 Å². The van der Waals surface area contributed by atoms with Crippen LogP contribution < -0.4 is 21.4 Å². The molecule has 2 atom stereocenters. The predicted molar refractivity (Wildman–Crippen MR) is 150 cm³/mol. The number of benzene rings is 3. The summed E-state index contributed by atoms with van der Waals surface area (Å²) in [5.74, 6) is 8.88. The number of halogens is 1. The molecule has 6 N–H and O–H groups in total. The van der Waals surface area contributed by atoms with E-state index < -0.39 is 29.8 Å². The molecule has 0 saturated carbocycles. The van der Waals surface area contributed by atoms with Crippen LogP contribution in [-0.2, 0) is 9.59 Å². The van der Waals surface area contributed by atoms with Crippen molar-refractivity contribution >= 4 is 29.1 Å². The number of aliphatic hydroxyl groups is 1. The number of aliphatic hydroxyl groups excluding tert-OH is 1. The van der Waals surface area contributed by atoms with Crippen LogP contribution in [0.15, 0.2) is 72.8 Å². The van der Waals surface area contributed by atoms with E-state index in [0.717, 1.165) is 0 Å². The largest absolute Gasteiger partial charge is 0.391 e. The Morgan fingerprint density at radius 3 is 2.02 bits per heavy atom. The van der Waals surface area contributed by atoms with Gasteiger partial charge in [0.05, 0.1) is 18.3 Å². The molecule has 0 fully saturated rings. The predicted octanol–water partition coefficient (Wildman–Crippen LogP) is 2.90. The van der Waals surface area contributed by atoms with E-state index in [1.54, 1.807) is 54.6 Å². The lowest BCUT2D eigenvalue weighted by atomic mass is 10.1. The molecule has 3 rings (SSSR count). The molecule has 3 amide bonds. The molecule has 40 heavy (non-hydrogen) atoms. The number of nitrogens with one attached hydrogen (secondary N) is 4. The molecule has 0 heterocycles. The van der Waals surface area contributed by atoms with Gasteiger partial charge in [0.15, 0.2) is 0 Å². The lowest BCUT2D eigenvalue weighted by molar-refractivity contribution is -0.133. The Morgan fingerprint density at radius 1 is 0.900 bits per heavy atom. The van der Waals surface area contributed by atoms with E-state index in [1.807, 2.05) is 0 Å². The third-order valence-electron chi connectivity index (χ3n) is 5.27. The minimum atomic E-state index is -1.31. The van der Waals surface area contributed by atoms with E-state index in [9.17, 15) is 23.9 Å². The Labute approximate surface area is 231 Å². The van der Waals surface area contributed by atoms with E-state index in [0.29, 0.717) is 16.8 Å². The second-order valence-electron chi connectivity index (χ2n) is 8.20. The molecule has 0 spiro atoms. The first-order valence-corrected chi connectivity index (χ1v) is 11.7. The van der Waals surface area contributed by atoms with E-state index >= 15 is 0 Å². The number of carbonyl (C=O) groups excluding carboxylic acids is 3. The van der Waals surface area contributed by atoms with Crippen LogP contribution in [0.4, 0.5) is 15.8 Å².